The van der Waals surface area contributed by atoms with E-state index < -0.39 is 11.6 Å². The number of hydrogen-bond acceptors (Lipinski definition) is 0. The monoisotopic (exact) mass is 401 g/mol. The minimum Gasteiger partial charge on any atom is -0.342 e. The number of nitrogens with one attached hydrogen (secondary N) is 1. The normalized spacial score (nSPS) is 13.6. The van der Waals surface area contributed by atoms with E-state index in [0.29, 0.717) is 31.1 Å². The van der Waals surface area contributed by atoms with Crippen molar-refractivity contribution in [1.82, 2.24) is 4.57 Å². The molecular formula is C24H28F3N2+. The Kier molecular flexibility index (Phi) is 6.80. The second-order valence-corrected chi connectivity index (χ2v) is 8.03. The first-order chi connectivity index (χ1) is 13.8. The minimum absolute atomic E-state index is 0.246. The summed E-state index contributed by atoms with van der Waals surface area (Å²) in [7, 11) is 0. The average Bonchev–Trinajstić information content (AvgIpc) is 3.11. The summed E-state index contributed by atoms with van der Waals surface area (Å²) in [5.74, 6) is -0.892. The molecule has 29 heavy (non-hydrogen) atoms. The van der Waals surface area contributed by atoms with Crippen molar-refractivity contribution in [2.75, 3.05) is 0 Å². The Morgan fingerprint density at radius 3 is 2.21 bits per heavy atom. The fourth-order valence-electron chi connectivity index (χ4n) is 3.55. The van der Waals surface area contributed by atoms with Gasteiger partial charge in [-0.05, 0) is 48.9 Å². The van der Waals surface area contributed by atoms with Crippen LogP contribution in [-0.4, -0.2) is 10.6 Å². The Bertz CT molecular complexity index is 932. The minimum atomic E-state index is -0.558. The van der Waals surface area contributed by atoms with Crippen LogP contribution in [0, 0.1) is 23.4 Å². The lowest BCUT2D eigenvalue weighted by Crippen LogP contribution is -3.13. The van der Waals surface area contributed by atoms with Crippen molar-refractivity contribution in [2.45, 2.75) is 46.4 Å². The van der Waals surface area contributed by atoms with Gasteiger partial charge in [0.25, 0.3) is 0 Å². The van der Waals surface area contributed by atoms with E-state index >= 15 is 0 Å². The number of rotatable bonds is 8. The largest absolute Gasteiger partial charge is 0.342 e. The summed E-state index contributed by atoms with van der Waals surface area (Å²) in [5.41, 5.74) is 2.66. The summed E-state index contributed by atoms with van der Waals surface area (Å²) < 4.78 is 42.9. The molecule has 0 fully saturated rings. The molecule has 0 bridgehead atoms. The van der Waals surface area contributed by atoms with Gasteiger partial charge >= 0.3 is 0 Å². The smallest absolute Gasteiger partial charge is 0.134 e. The molecule has 5 heteroatoms. The first kappa shape index (κ1) is 21.2. The van der Waals surface area contributed by atoms with Gasteiger partial charge in [0.05, 0.1) is 11.7 Å². The third kappa shape index (κ3) is 5.51. The molecule has 0 radical (unpaired) electrons. The second kappa shape index (κ2) is 9.31. The maximum Gasteiger partial charge on any atom is 0.134 e. The maximum atomic E-state index is 14.3. The van der Waals surface area contributed by atoms with E-state index in [9.17, 15) is 13.2 Å². The molecule has 1 N–H and O–H groups in total. The van der Waals surface area contributed by atoms with E-state index in [-0.39, 0.29) is 11.9 Å². The van der Waals surface area contributed by atoms with Crippen LogP contribution in [-0.2, 0) is 19.6 Å². The molecular weight excluding hydrogens is 373 g/mol. The Hall–Kier alpha value is -2.53. The van der Waals surface area contributed by atoms with Gasteiger partial charge in [-0.3, -0.25) is 0 Å². The lowest BCUT2D eigenvalue weighted by molar-refractivity contribution is -0.954. The van der Waals surface area contributed by atoms with E-state index in [4.69, 9.17) is 0 Å². The van der Waals surface area contributed by atoms with E-state index in [1.54, 1.807) is 12.1 Å². The third-order valence-electron chi connectivity index (χ3n) is 5.67. The van der Waals surface area contributed by atoms with Gasteiger partial charge in [-0.2, -0.15) is 0 Å². The van der Waals surface area contributed by atoms with Crippen LogP contribution < -0.4 is 4.90 Å². The van der Waals surface area contributed by atoms with Gasteiger partial charge in [0.1, 0.15) is 30.5 Å². The summed E-state index contributed by atoms with van der Waals surface area (Å²) in [6.45, 7) is 8.32. The second-order valence-electron chi connectivity index (χ2n) is 8.03. The number of quaternary nitrogens is 1. The number of halogens is 3. The van der Waals surface area contributed by atoms with E-state index in [0.717, 1.165) is 17.3 Å². The number of nitrogens with zero attached hydrogens (tertiary/aromatic N) is 1. The van der Waals surface area contributed by atoms with Crippen LogP contribution >= 0.6 is 0 Å². The molecule has 2 nitrogen and oxygen atoms in total. The first-order valence-corrected chi connectivity index (χ1v) is 10.0. The van der Waals surface area contributed by atoms with Crippen molar-refractivity contribution in [1.29, 1.82) is 0 Å². The fourth-order valence-corrected chi connectivity index (χ4v) is 3.55. The molecule has 0 amide bonds. The zero-order chi connectivity index (χ0) is 21.0. The Labute approximate surface area is 170 Å². The van der Waals surface area contributed by atoms with E-state index in [1.807, 2.05) is 12.3 Å². The molecule has 3 aromatic rings. The highest BCUT2D eigenvalue weighted by molar-refractivity contribution is 5.19. The summed E-state index contributed by atoms with van der Waals surface area (Å²) >= 11 is 0. The fraction of sp³-hybridized carbons (Fsp3) is 0.333. The standard InChI is InChI=1S/C24H27F3N2/c1-17(2)18(3)29(15-20-8-11-22(26)13-24(20)27)16-23-5-4-12-28(23)14-19-6-9-21(25)10-7-19/h4-13,17-18H,14-16H2,1-3H3/p+1/t18-/m0/s1. The number of benzene rings is 2. The first-order valence-electron chi connectivity index (χ1n) is 10.0. The maximum absolute atomic E-state index is 14.3. The third-order valence-corrected chi connectivity index (χ3v) is 5.67. The summed E-state index contributed by atoms with van der Waals surface area (Å²) in [6, 6.07) is 14.7. The van der Waals surface area contributed by atoms with Gasteiger partial charge in [0.15, 0.2) is 0 Å². The highest BCUT2D eigenvalue weighted by Crippen LogP contribution is 2.12. The van der Waals surface area contributed by atoms with Crippen molar-refractivity contribution in [3.8, 4) is 0 Å². The summed E-state index contributed by atoms with van der Waals surface area (Å²) in [5, 5.41) is 0. The molecule has 0 aliphatic rings. The van der Waals surface area contributed by atoms with Crippen molar-refractivity contribution in [2.24, 2.45) is 5.92 Å². The Morgan fingerprint density at radius 1 is 0.862 bits per heavy atom. The zero-order valence-electron chi connectivity index (χ0n) is 17.1. The van der Waals surface area contributed by atoms with Gasteiger partial charge in [-0.1, -0.05) is 26.0 Å². The van der Waals surface area contributed by atoms with Crippen LogP contribution in [0.1, 0.15) is 37.6 Å². The predicted molar refractivity (Wildman–Crippen MR) is 109 cm³/mol. The van der Waals surface area contributed by atoms with Crippen molar-refractivity contribution >= 4 is 0 Å². The molecule has 2 atom stereocenters. The quantitative estimate of drug-likeness (QED) is 0.566. The summed E-state index contributed by atoms with van der Waals surface area (Å²) in [4.78, 5) is 1.21. The van der Waals surface area contributed by atoms with Crippen molar-refractivity contribution < 1.29 is 18.1 Å². The Balaban J connectivity index is 1.81. The van der Waals surface area contributed by atoms with Gasteiger partial charge in [-0.25, -0.2) is 13.2 Å². The van der Waals surface area contributed by atoms with Crippen LogP contribution in [0.15, 0.2) is 60.8 Å². The number of hydrogen-bond donors (Lipinski definition) is 1. The molecule has 154 valence electrons. The highest BCUT2D eigenvalue weighted by atomic mass is 19.1. The molecule has 0 spiro atoms. The molecule has 0 saturated heterocycles. The van der Waals surface area contributed by atoms with Crippen LogP contribution in [0.5, 0.6) is 0 Å². The van der Waals surface area contributed by atoms with Gasteiger partial charge in [0, 0.05) is 30.3 Å². The SMILES string of the molecule is CC(C)[C@H](C)[NH+](Cc1ccc(F)cc1F)Cc1cccn1Cc1ccc(F)cc1. The van der Waals surface area contributed by atoms with Crippen molar-refractivity contribution in [3.05, 3.63) is 95.1 Å². The molecule has 1 heterocycles. The molecule has 0 aliphatic carbocycles. The van der Waals surface area contributed by atoms with Crippen LogP contribution in [0.25, 0.3) is 0 Å². The van der Waals surface area contributed by atoms with Gasteiger partial charge in [-0.15, -0.1) is 0 Å². The number of aromatic nitrogens is 1. The topological polar surface area (TPSA) is 9.37 Å². The van der Waals surface area contributed by atoms with Gasteiger partial charge < -0.3 is 9.47 Å². The van der Waals surface area contributed by atoms with E-state index in [2.05, 4.69) is 31.4 Å². The zero-order valence-corrected chi connectivity index (χ0v) is 17.1. The van der Waals surface area contributed by atoms with Crippen LogP contribution in [0.2, 0.25) is 0 Å². The molecule has 1 aromatic heterocycles. The van der Waals surface area contributed by atoms with Crippen LogP contribution in [0.3, 0.4) is 0 Å². The van der Waals surface area contributed by atoms with Gasteiger partial charge in [0.2, 0.25) is 0 Å². The predicted octanol–water partition coefficient (Wildman–Crippen LogP) is 4.58. The van der Waals surface area contributed by atoms with Crippen molar-refractivity contribution in [3.63, 3.8) is 0 Å². The molecule has 0 aliphatic heterocycles. The van der Waals surface area contributed by atoms with Crippen LogP contribution in [0.4, 0.5) is 13.2 Å². The average molecular weight is 401 g/mol. The molecule has 0 saturated carbocycles. The molecule has 2 aromatic carbocycles. The molecule has 1 unspecified atom stereocenters. The summed E-state index contributed by atoms with van der Waals surface area (Å²) in [6.07, 6.45) is 2.01. The Morgan fingerprint density at radius 2 is 1.55 bits per heavy atom. The lowest BCUT2D eigenvalue weighted by Gasteiger charge is -2.29. The highest BCUT2D eigenvalue weighted by Gasteiger charge is 2.24. The molecule has 3 rings (SSSR count). The van der Waals surface area contributed by atoms with E-state index in [1.165, 1.54) is 29.2 Å². The lowest BCUT2D eigenvalue weighted by atomic mass is 10.0.